The zero-order valence-corrected chi connectivity index (χ0v) is 15.6. The van der Waals surface area contributed by atoms with E-state index in [4.69, 9.17) is 11.6 Å². The molecule has 0 saturated carbocycles. The molecule has 0 radical (unpaired) electrons. The summed E-state index contributed by atoms with van der Waals surface area (Å²) in [5.41, 5.74) is 3.26. The van der Waals surface area contributed by atoms with Gasteiger partial charge in [-0.15, -0.1) is 0 Å². The van der Waals surface area contributed by atoms with Crippen LogP contribution in [0, 0.1) is 5.82 Å². The van der Waals surface area contributed by atoms with Crippen molar-refractivity contribution in [3.63, 3.8) is 0 Å². The summed E-state index contributed by atoms with van der Waals surface area (Å²) in [6, 6.07) is 13.9. The monoisotopic (exact) mass is 393 g/mol. The van der Waals surface area contributed by atoms with Gasteiger partial charge in [-0.05, 0) is 42.3 Å². The summed E-state index contributed by atoms with van der Waals surface area (Å²) in [7, 11) is 0. The topological polar surface area (TPSA) is 66.5 Å². The maximum absolute atomic E-state index is 13.3. The molecule has 2 N–H and O–H groups in total. The van der Waals surface area contributed by atoms with Crippen LogP contribution in [0.25, 0.3) is 22.6 Å². The lowest BCUT2D eigenvalue weighted by Gasteiger charge is -2.11. The number of nitrogens with zero attached hydrogens (tertiary/aromatic N) is 3. The van der Waals surface area contributed by atoms with Crippen molar-refractivity contribution in [1.29, 1.82) is 0 Å². The van der Waals surface area contributed by atoms with Gasteiger partial charge in [0.25, 0.3) is 0 Å². The molecule has 0 saturated heterocycles. The summed E-state index contributed by atoms with van der Waals surface area (Å²) in [6.07, 6.45) is 5.86. The normalized spacial score (nSPS) is 10.8. The van der Waals surface area contributed by atoms with Gasteiger partial charge in [0.1, 0.15) is 11.6 Å². The average Bonchev–Trinajstić information content (AvgIpc) is 3.25. The lowest BCUT2D eigenvalue weighted by atomic mass is 10.1. The van der Waals surface area contributed by atoms with Crippen molar-refractivity contribution in [2.45, 2.75) is 6.42 Å². The fourth-order valence-electron chi connectivity index (χ4n) is 2.89. The number of benzene rings is 2. The third-order valence-electron chi connectivity index (χ3n) is 4.30. The van der Waals surface area contributed by atoms with Gasteiger partial charge >= 0.3 is 0 Å². The van der Waals surface area contributed by atoms with E-state index in [2.05, 4.69) is 25.3 Å². The van der Waals surface area contributed by atoms with Crippen LogP contribution in [-0.2, 0) is 6.42 Å². The number of nitrogens with one attached hydrogen (secondary N) is 2. The van der Waals surface area contributed by atoms with E-state index in [0.717, 1.165) is 28.1 Å². The van der Waals surface area contributed by atoms with E-state index < -0.39 is 0 Å². The fraction of sp³-hybridized carbons (Fsp3) is 0.0952. The maximum Gasteiger partial charge on any atom is 0.223 e. The minimum atomic E-state index is -0.296. The zero-order chi connectivity index (χ0) is 19.3. The van der Waals surface area contributed by atoms with Gasteiger partial charge in [-0.1, -0.05) is 29.8 Å². The minimum absolute atomic E-state index is 0.296. The van der Waals surface area contributed by atoms with E-state index in [0.29, 0.717) is 24.0 Å². The average molecular weight is 394 g/mol. The quantitative estimate of drug-likeness (QED) is 0.484. The van der Waals surface area contributed by atoms with E-state index in [9.17, 15) is 4.39 Å². The molecule has 2 aromatic carbocycles. The number of hydrogen-bond donors (Lipinski definition) is 2. The highest BCUT2D eigenvalue weighted by atomic mass is 35.5. The van der Waals surface area contributed by atoms with Gasteiger partial charge in [-0.25, -0.2) is 19.3 Å². The van der Waals surface area contributed by atoms with Crippen LogP contribution in [0.2, 0.25) is 5.02 Å². The molecule has 0 atom stereocenters. The van der Waals surface area contributed by atoms with Gasteiger partial charge in [0.2, 0.25) is 5.95 Å². The number of imidazole rings is 1. The van der Waals surface area contributed by atoms with E-state index >= 15 is 0 Å². The van der Waals surface area contributed by atoms with Gasteiger partial charge in [-0.2, -0.15) is 0 Å². The summed E-state index contributed by atoms with van der Waals surface area (Å²) >= 11 is 6.20. The van der Waals surface area contributed by atoms with E-state index in [1.165, 1.54) is 12.1 Å². The van der Waals surface area contributed by atoms with Crippen LogP contribution in [0.1, 0.15) is 5.56 Å². The molecule has 2 heterocycles. The van der Waals surface area contributed by atoms with E-state index in [1.807, 2.05) is 24.3 Å². The Kier molecular flexibility index (Phi) is 5.30. The van der Waals surface area contributed by atoms with Crippen molar-refractivity contribution in [2.75, 3.05) is 11.9 Å². The Labute approximate surface area is 166 Å². The second-order valence-electron chi connectivity index (χ2n) is 6.17. The number of aromatic nitrogens is 4. The SMILES string of the molecule is Fc1ccc(-c2nc(NCCc3ccccc3Cl)ncc2-c2ncc[nH]2)cc1. The van der Waals surface area contributed by atoms with Crippen LogP contribution in [0.15, 0.2) is 67.1 Å². The molecule has 0 spiro atoms. The fourth-order valence-corrected chi connectivity index (χ4v) is 3.12. The first kappa shape index (κ1) is 18.1. The second-order valence-corrected chi connectivity index (χ2v) is 6.58. The molecule has 0 aliphatic carbocycles. The third-order valence-corrected chi connectivity index (χ3v) is 4.66. The van der Waals surface area contributed by atoms with Crippen LogP contribution >= 0.6 is 11.6 Å². The Morgan fingerprint density at radius 1 is 1.04 bits per heavy atom. The third kappa shape index (κ3) is 4.02. The smallest absolute Gasteiger partial charge is 0.223 e. The Morgan fingerprint density at radius 2 is 1.86 bits per heavy atom. The molecule has 0 aliphatic heterocycles. The number of aromatic amines is 1. The number of halogens is 2. The van der Waals surface area contributed by atoms with Crippen molar-refractivity contribution in [3.8, 4) is 22.6 Å². The molecule has 0 aliphatic rings. The van der Waals surface area contributed by atoms with Crippen molar-refractivity contribution in [1.82, 2.24) is 19.9 Å². The van der Waals surface area contributed by atoms with Crippen LogP contribution < -0.4 is 5.32 Å². The van der Waals surface area contributed by atoms with Crippen LogP contribution in [0.5, 0.6) is 0 Å². The summed E-state index contributed by atoms with van der Waals surface area (Å²) < 4.78 is 13.3. The molecule has 28 heavy (non-hydrogen) atoms. The van der Waals surface area contributed by atoms with Crippen molar-refractivity contribution in [3.05, 3.63) is 83.5 Å². The largest absolute Gasteiger partial charge is 0.354 e. The maximum atomic E-state index is 13.3. The Balaban J connectivity index is 1.60. The van der Waals surface area contributed by atoms with Gasteiger partial charge in [-0.3, -0.25) is 0 Å². The molecular weight excluding hydrogens is 377 g/mol. The highest BCUT2D eigenvalue weighted by molar-refractivity contribution is 6.31. The lowest BCUT2D eigenvalue weighted by Crippen LogP contribution is -2.09. The summed E-state index contributed by atoms with van der Waals surface area (Å²) in [4.78, 5) is 16.4. The molecule has 0 unspecified atom stereocenters. The van der Waals surface area contributed by atoms with E-state index in [1.54, 1.807) is 30.7 Å². The van der Waals surface area contributed by atoms with Gasteiger partial charge < -0.3 is 10.3 Å². The van der Waals surface area contributed by atoms with E-state index in [-0.39, 0.29) is 5.82 Å². The molecule has 0 amide bonds. The van der Waals surface area contributed by atoms with Crippen molar-refractivity contribution in [2.24, 2.45) is 0 Å². The number of anilines is 1. The summed E-state index contributed by atoms with van der Waals surface area (Å²) in [5.74, 6) is 0.846. The first-order valence-electron chi connectivity index (χ1n) is 8.81. The second kappa shape index (κ2) is 8.19. The summed E-state index contributed by atoms with van der Waals surface area (Å²) in [6.45, 7) is 0.632. The number of hydrogen-bond acceptors (Lipinski definition) is 4. The molecule has 140 valence electrons. The first-order valence-corrected chi connectivity index (χ1v) is 9.18. The number of H-pyrrole nitrogens is 1. The molecule has 0 bridgehead atoms. The van der Waals surface area contributed by atoms with Gasteiger partial charge in [0.05, 0.1) is 11.3 Å². The highest BCUT2D eigenvalue weighted by Gasteiger charge is 2.13. The molecule has 2 aromatic heterocycles. The molecular formula is C21H17ClFN5. The first-order chi connectivity index (χ1) is 13.7. The predicted octanol–water partition coefficient (Wildman–Crippen LogP) is 4.98. The minimum Gasteiger partial charge on any atom is -0.354 e. The van der Waals surface area contributed by atoms with Crippen LogP contribution in [0.3, 0.4) is 0 Å². The standard InChI is InChI=1S/C21H17ClFN5/c22-18-4-2-1-3-14(18)9-10-26-21-27-13-17(20-24-11-12-25-20)19(28-21)15-5-7-16(23)8-6-15/h1-8,11-13H,9-10H2,(H,24,25)(H,26,27,28). The highest BCUT2D eigenvalue weighted by Crippen LogP contribution is 2.29. The molecule has 4 aromatic rings. The predicted molar refractivity (Wildman–Crippen MR) is 109 cm³/mol. The van der Waals surface area contributed by atoms with Crippen molar-refractivity contribution >= 4 is 17.5 Å². The van der Waals surface area contributed by atoms with Crippen molar-refractivity contribution < 1.29 is 4.39 Å². The number of rotatable bonds is 6. The van der Waals surface area contributed by atoms with Gasteiger partial charge in [0, 0.05) is 35.7 Å². The summed E-state index contributed by atoms with van der Waals surface area (Å²) in [5, 5.41) is 3.97. The van der Waals surface area contributed by atoms with Crippen LogP contribution in [-0.4, -0.2) is 26.5 Å². The van der Waals surface area contributed by atoms with Gasteiger partial charge in [0.15, 0.2) is 0 Å². The Bertz CT molecular complexity index is 1060. The molecule has 7 heteroatoms. The lowest BCUT2D eigenvalue weighted by molar-refractivity contribution is 0.628. The molecule has 0 fully saturated rings. The van der Waals surface area contributed by atoms with Crippen LogP contribution in [0.4, 0.5) is 10.3 Å². The molecule has 4 rings (SSSR count). The Hall–Kier alpha value is -3.25. The zero-order valence-electron chi connectivity index (χ0n) is 14.9. The molecule has 5 nitrogen and oxygen atoms in total. The Morgan fingerprint density at radius 3 is 2.61 bits per heavy atom.